The lowest BCUT2D eigenvalue weighted by molar-refractivity contribution is -0.386. The van der Waals surface area contributed by atoms with Gasteiger partial charge in [0.2, 0.25) is 0 Å². The summed E-state index contributed by atoms with van der Waals surface area (Å²) in [5.74, 6) is 0.369. The van der Waals surface area contributed by atoms with Crippen molar-refractivity contribution in [3.8, 4) is 0 Å². The third-order valence-electron chi connectivity index (χ3n) is 2.36. The second kappa shape index (κ2) is 5.85. The van der Waals surface area contributed by atoms with Gasteiger partial charge in [0.25, 0.3) is 5.69 Å². The van der Waals surface area contributed by atoms with Gasteiger partial charge in [-0.15, -0.1) is 0 Å². The van der Waals surface area contributed by atoms with E-state index < -0.39 is 17.1 Å². The summed E-state index contributed by atoms with van der Waals surface area (Å²) in [5, 5.41) is 30.2. The highest BCUT2D eigenvalue weighted by Crippen LogP contribution is 2.30. The van der Waals surface area contributed by atoms with Gasteiger partial charge < -0.3 is 15.9 Å². The van der Waals surface area contributed by atoms with Crippen LogP contribution in [0.3, 0.4) is 0 Å². The quantitative estimate of drug-likeness (QED) is 0.271. The number of nitrogen functional groups attached to an aromatic ring is 1. The zero-order valence-electron chi connectivity index (χ0n) is 8.98. The second-order valence-corrected chi connectivity index (χ2v) is 4.05. The summed E-state index contributed by atoms with van der Waals surface area (Å²) in [7, 11) is 0. The van der Waals surface area contributed by atoms with E-state index in [9.17, 15) is 20.3 Å². The molecular weight excluding hydrogens is 244 g/mol. The Hall–Kier alpha value is -1.31. The summed E-state index contributed by atoms with van der Waals surface area (Å²) < 4.78 is 0. The lowest BCUT2D eigenvalue weighted by Crippen LogP contribution is -2.19. The van der Waals surface area contributed by atoms with Crippen molar-refractivity contribution in [2.75, 3.05) is 11.5 Å². The molecule has 0 amide bonds. The molecular formula is C10H14N2O4S. The van der Waals surface area contributed by atoms with Crippen molar-refractivity contribution in [1.82, 2.24) is 0 Å². The Morgan fingerprint density at radius 3 is 2.65 bits per heavy atom. The van der Waals surface area contributed by atoms with Gasteiger partial charge in [-0.1, -0.05) is 0 Å². The average Bonchev–Trinajstić information content (AvgIpc) is 2.27. The molecule has 0 saturated heterocycles. The molecule has 0 spiro atoms. The van der Waals surface area contributed by atoms with Gasteiger partial charge in [-0.3, -0.25) is 10.1 Å². The van der Waals surface area contributed by atoms with Crippen LogP contribution in [0.5, 0.6) is 0 Å². The molecule has 94 valence electrons. The molecule has 1 aromatic rings. The molecule has 0 fully saturated rings. The second-order valence-electron chi connectivity index (χ2n) is 3.60. The molecule has 0 saturated carbocycles. The van der Waals surface area contributed by atoms with Gasteiger partial charge in [-0.25, -0.2) is 0 Å². The van der Waals surface area contributed by atoms with E-state index in [1.54, 1.807) is 0 Å². The molecule has 0 aliphatic rings. The summed E-state index contributed by atoms with van der Waals surface area (Å²) in [5.41, 5.74) is 5.56. The number of nitrogens with zero attached hydrogens (tertiary/aromatic N) is 1. The maximum absolute atomic E-state index is 10.8. The van der Waals surface area contributed by atoms with Gasteiger partial charge in [-0.05, 0) is 24.3 Å². The standard InChI is InChI=1S/C10H14N2O4S/c11-6-1-2-8(12(15)16)7(5-6)10(14)9(13)3-4-17/h1-2,5,9-10,13-14,17H,3-4,11H2. The lowest BCUT2D eigenvalue weighted by atomic mass is 10.0. The molecule has 7 heteroatoms. The van der Waals surface area contributed by atoms with Crippen LogP contribution >= 0.6 is 12.6 Å². The summed E-state index contributed by atoms with van der Waals surface area (Å²) in [6, 6.07) is 3.88. The van der Waals surface area contributed by atoms with Crippen LogP contribution in [0, 0.1) is 10.1 Å². The Labute approximate surface area is 104 Å². The largest absolute Gasteiger partial charge is 0.399 e. The maximum Gasteiger partial charge on any atom is 0.275 e. The number of hydrogen-bond acceptors (Lipinski definition) is 6. The van der Waals surface area contributed by atoms with E-state index in [-0.39, 0.29) is 17.7 Å². The molecule has 1 aromatic carbocycles. The molecule has 1 rings (SSSR count). The number of nitro groups is 1. The zero-order chi connectivity index (χ0) is 13.0. The lowest BCUT2D eigenvalue weighted by Gasteiger charge is -2.17. The normalized spacial score (nSPS) is 14.3. The Kier molecular flexibility index (Phi) is 4.73. The predicted molar refractivity (Wildman–Crippen MR) is 66.9 cm³/mol. The Balaban J connectivity index is 3.10. The number of rotatable bonds is 5. The smallest absolute Gasteiger partial charge is 0.275 e. The fourth-order valence-electron chi connectivity index (χ4n) is 1.47. The van der Waals surface area contributed by atoms with Crippen LogP contribution in [0.4, 0.5) is 11.4 Å². The molecule has 0 radical (unpaired) electrons. The van der Waals surface area contributed by atoms with E-state index in [0.717, 1.165) is 0 Å². The number of aliphatic hydroxyl groups excluding tert-OH is 2. The molecule has 2 unspecified atom stereocenters. The number of aliphatic hydroxyl groups is 2. The minimum absolute atomic E-state index is 0.0179. The molecule has 0 heterocycles. The SMILES string of the molecule is Nc1ccc([N+](=O)[O-])c(C(O)C(O)CCS)c1. The predicted octanol–water partition coefficient (Wildman–Crippen LogP) is 0.891. The van der Waals surface area contributed by atoms with Crippen LogP contribution in [0.15, 0.2) is 18.2 Å². The Bertz CT molecular complexity index is 413. The van der Waals surface area contributed by atoms with Crippen LogP contribution in [0.2, 0.25) is 0 Å². The zero-order valence-corrected chi connectivity index (χ0v) is 9.88. The first kappa shape index (κ1) is 13.8. The summed E-state index contributed by atoms with van der Waals surface area (Å²) in [6.07, 6.45) is -2.21. The first-order valence-electron chi connectivity index (χ1n) is 4.98. The fraction of sp³-hybridized carbons (Fsp3) is 0.400. The molecule has 0 aliphatic carbocycles. The Morgan fingerprint density at radius 2 is 2.12 bits per heavy atom. The highest BCUT2D eigenvalue weighted by atomic mass is 32.1. The van der Waals surface area contributed by atoms with Crippen LogP contribution < -0.4 is 5.73 Å². The Morgan fingerprint density at radius 1 is 1.47 bits per heavy atom. The van der Waals surface area contributed by atoms with E-state index in [4.69, 9.17) is 5.73 Å². The maximum atomic E-state index is 10.8. The molecule has 6 nitrogen and oxygen atoms in total. The number of anilines is 1. The number of benzene rings is 1. The van der Waals surface area contributed by atoms with Gasteiger partial charge >= 0.3 is 0 Å². The van der Waals surface area contributed by atoms with E-state index in [1.165, 1.54) is 18.2 Å². The van der Waals surface area contributed by atoms with Gasteiger partial charge in [0.15, 0.2) is 0 Å². The van der Waals surface area contributed by atoms with Crippen molar-refractivity contribution in [1.29, 1.82) is 0 Å². The topological polar surface area (TPSA) is 110 Å². The number of hydrogen-bond donors (Lipinski definition) is 4. The van der Waals surface area contributed by atoms with Crippen LogP contribution in [0.1, 0.15) is 18.1 Å². The van der Waals surface area contributed by atoms with Gasteiger partial charge in [0.1, 0.15) is 6.10 Å². The highest BCUT2D eigenvalue weighted by Gasteiger charge is 2.25. The summed E-state index contributed by atoms with van der Waals surface area (Å²) in [6.45, 7) is 0. The first-order valence-corrected chi connectivity index (χ1v) is 5.61. The fourth-order valence-corrected chi connectivity index (χ4v) is 1.74. The number of thiol groups is 1. The van der Waals surface area contributed by atoms with Crippen molar-refractivity contribution in [2.24, 2.45) is 0 Å². The van der Waals surface area contributed by atoms with Crippen LogP contribution in [0.25, 0.3) is 0 Å². The van der Waals surface area contributed by atoms with Gasteiger partial charge in [0, 0.05) is 11.8 Å². The highest BCUT2D eigenvalue weighted by molar-refractivity contribution is 7.80. The monoisotopic (exact) mass is 258 g/mol. The van der Waals surface area contributed by atoms with Crippen molar-refractivity contribution >= 4 is 24.0 Å². The van der Waals surface area contributed by atoms with Crippen LogP contribution in [-0.2, 0) is 0 Å². The minimum atomic E-state index is -1.34. The molecule has 17 heavy (non-hydrogen) atoms. The summed E-state index contributed by atoms with van der Waals surface area (Å²) >= 11 is 3.92. The first-order chi connectivity index (χ1) is 7.97. The number of nitrogens with two attached hydrogens (primary N) is 1. The van der Waals surface area contributed by atoms with Crippen molar-refractivity contribution < 1.29 is 15.1 Å². The van der Waals surface area contributed by atoms with Crippen molar-refractivity contribution in [3.63, 3.8) is 0 Å². The molecule has 4 N–H and O–H groups in total. The van der Waals surface area contributed by atoms with Gasteiger partial charge in [0.05, 0.1) is 16.6 Å². The molecule has 0 bridgehead atoms. The van der Waals surface area contributed by atoms with E-state index >= 15 is 0 Å². The minimum Gasteiger partial charge on any atom is -0.399 e. The van der Waals surface area contributed by atoms with E-state index in [2.05, 4.69) is 12.6 Å². The third-order valence-corrected chi connectivity index (χ3v) is 2.61. The van der Waals surface area contributed by atoms with Crippen molar-refractivity contribution in [3.05, 3.63) is 33.9 Å². The van der Waals surface area contributed by atoms with E-state index in [0.29, 0.717) is 11.4 Å². The molecule has 0 aromatic heterocycles. The summed E-state index contributed by atoms with van der Waals surface area (Å²) in [4.78, 5) is 10.2. The molecule has 2 atom stereocenters. The van der Waals surface area contributed by atoms with E-state index in [1.807, 2.05) is 0 Å². The van der Waals surface area contributed by atoms with Crippen LogP contribution in [-0.4, -0.2) is 27.0 Å². The number of nitro benzene ring substituents is 1. The average molecular weight is 258 g/mol. The van der Waals surface area contributed by atoms with Crippen molar-refractivity contribution in [2.45, 2.75) is 18.6 Å². The third kappa shape index (κ3) is 3.32. The van der Waals surface area contributed by atoms with Gasteiger partial charge in [-0.2, -0.15) is 12.6 Å². The molecule has 0 aliphatic heterocycles.